The predicted molar refractivity (Wildman–Crippen MR) is 74.2 cm³/mol. The van der Waals surface area contributed by atoms with Crippen molar-refractivity contribution in [1.29, 1.82) is 0 Å². The van der Waals surface area contributed by atoms with Gasteiger partial charge in [-0.05, 0) is 49.9 Å². The van der Waals surface area contributed by atoms with Gasteiger partial charge in [-0.15, -0.1) is 0 Å². The molecule has 1 N–H and O–H groups in total. The van der Waals surface area contributed by atoms with Crippen molar-refractivity contribution in [2.45, 2.75) is 39.3 Å². The van der Waals surface area contributed by atoms with E-state index >= 15 is 0 Å². The van der Waals surface area contributed by atoms with Gasteiger partial charge in [0.05, 0.1) is 0 Å². The van der Waals surface area contributed by atoms with Gasteiger partial charge in [-0.25, -0.2) is 4.79 Å². The molecule has 1 amide bonds. The van der Waals surface area contributed by atoms with Crippen LogP contribution in [0.3, 0.4) is 0 Å². The lowest BCUT2D eigenvalue weighted by Crippen LogP contribution is -2.40. The van der Waals surface area contributed by atoms with Crippen LogP contribution in [0.25, 0.3) is 0 Å². The van der Waals surface area contributed by atoms with Gasteiger partial charge >= 0.3 is 12.6 Å². The van der Waals surface area contributed by atoms with Crippen molar-refractivity contribution in [2.75, 3.05) is 6.54 Å². The highest BCUT2D eigenvalue weighted by Crippen LogP contribution is 2.28. The molecule has 0 spiro atoms. The fourth-order valence-electron chi connectivity index (χ4n) is 2.78. The minimum atomic E-state index is -2.94. The van der Waals surface area contributed by atoms with Gasteiger partial charge in [0.15, 0.2) is 0 Å². The molecule has 1 saturated heterocycles. The van der Waals surface area contributed by atoms with Crippen LogP contribution in [0.15, 0.2) is 12.1 Å². The summed E-state index contributed by atoms with van der Waals surface area (Å²) >= 11 is 0. The van der Waals surface area contributed by atoms with Crippen molar-refractivity contribution < 1.29 is 28.2 Å². The quantitative estimate of drug-likeness (QED) is 0.928. The molecule has 0 radical (unpaired) electrons. The molecule has 5 nitrogen and oxygen atoms in total. The van der Waals surface area contributed by atoms with Crippen LogP contribution in [0.1, 0.15) is 34.3 Å². The predicted octanol–water partition coefficient (Wildman–Crippen LogP) is 2.59. The summed E-state index contributed by atoms with van der Waals surface area (Å²) in [5.74, 6) is -1.39. The van der Waals surface area contributed by atoms with Gasteiger partial charge in [0.25, 0.3) is 5.91 Å². The van der Waals surface area contributed by atoms with E-state index in [9.17, 15) is 18.4 Å². The van der Waals surface area contributed by atoms with E-state index in [1.165, 1.54) is 17.0 Å². The van der Waals surface area contributed by atoms with E-state index in [1.807, 2.05) is 0 Å². The Balaban J connectivity index is 2.29. The molecule has 22 heavy (non-hydrogen) atoms. The van der Waals surface area contributed by atoms with Crippen LogP contribution < -0.4 is 4.74 Å². The van der Waals surface area contributed by atoms with Crippen molar-refractivity contribution in [1.82, 2.24) is 4.90 Å². The maximum absolute atomic E-state index is 12.5. The second-order valence-corrected chi connectivity index (χ2v) is 5.31. The molecule has 2 rings (SSSR count). The lowest BCUT2D eigenvalue weighted by Gasteiger charge is -2.22. The normalized spacial score (nSPS) is 17.9. The summed E-state index contributed by atoms with van der Waals surface area (Å²) in [5, 5.41) is 9.13. The number of aliphatic carboxylic acids is 1. The largest absolute Gasteiger partial charge is 0.480 e. The van der Waals surface area contributed by atoms with Crippen LogP contribution in [0.4, 0.5) is 8.78 Å². The summed E-state index contributed by atoms with van der Waals surface area (Å²) in [6.45, 7) is 0.581. The Bertz CT molecular complexity index is 580. The van der Waals surface area contributed by atoms with E-state index in [4.69, 9.17) is 5.11 Å². The number of amides is 1. The zero-order chi connectivity index (χ0) is 16.4. The highest BCUT2D eigenvalue weighted by Gasteiger charge is 2.34. The first-order valence-electron chi connectivity index (χ1n) is 6.91. The smallest absolute Gasteiger partial charge is 0.387 e. The first-order valence-corrected chi connectivity index (χ1v) is 6.91. The number of aryl methyl sites for hydroxylation is 2. The van der Waals surface area contributed by atoms with Gasteiger partial charge in [-0.3, -0.25) is 4.79 Å². The molecule has 1 aliphatic rings. The van der Waals surface area contributed by atoms with Crippen LogP contribution in [-0.2, 0) is 4.79 Å². The van der Waals surface area contributed by atoms with E-state index in [1.54, 1.807) is 13.8 Å². The topological polar surface area (TPSA) is 66.8 Å². The molecule has 0 aliphatic carbocycles. The Morgan fingerprint density at radius 1 is 1.32 bits per heavy atom. The van der Waals surface area contributed by atoms with Crippen LogP contribution in [0.2, 0.25) is 0 Å². The molecular formula is C15H17F2NO4. The number of rotatable bonds is 4. The number of benzene rings is 1. The molecule has 0 saturated carbocycles. The summed E-state index contributed by atoms with van der Waals surface area (Å²) in [6.07, 6.45) is 1.05. The molecule has 1 atom stereocenters. The number of nitrogens with zero attached hydrogens (tertiary/aromatic N) is 1. The standard InChI is InChI=1S/C15H17F2NO4/c1-8-6-10(7-9(2)12(8)22-15(16)17)13(19)18-5-3-4-11(18)14(20)21/h6-7,11,15H,3-5H2,1-2H3,(H,20,21)/t11-/m1/s1. The van der Waals surface area contributed by atoms with Crippen molar-refractivity contribution in [3.8, 4) is 5.75 Å². The molecule has 0 unspecified atom stereocenters. The Kier molecular flexibility index (Phi) is 4.63. The van der Waals surface area contributed by atoms with Gasteiger partial charge in [-0.2, -0.15) is 8.78 Å². The highest BCUT2D eigenvalue weighted by atomic mass is 19.3. The molecule has 1 fully saturated rings. The molecule has 120 valence electrons. The Hall–Kier alpha value is -2.18. The fraction of sp³-hybridized carbons (Fsp3) is 0.467. The highest BCUT2D eigenvalue weighted by molar-refractivity contribution is 5.97. The summed E-state index contributed by atoms with van der Waals surface area (Å²) in [7, 11) is 0. The Morgan fingerprint density at radius 2 is 1.91 bits per heavy atom. The van der Waals surface area contributed by atoms with Crippen LogP contribution in [0.5, 0.6) is 5.75 Å². The van der Waals surface area contributed by atoms with Crippen LogP contribution in [-0.4, -0.2) is 41.1 Å². The average Bonchev–Trinajstić information content (AvgIpc) is 2.91. The van der Waals surface area contributed by atoms with E-state index in [-0.39, 0.29) is 11.3 Å². The lowest BCUT2D eigenvalue weighted by molar-refractivity contribution is -0.141. The summed E-state index contributed by atoms with van der Waals surface area (Å²) in [5.41, 5.74) is 1.11. The Labute approximate surface area is 126 Å². The van der Waals surface area contributed by atoms with Gasteiger partial charge < -0.3 is 14.7 Å². The monoisotopic (exact) mass is 313 g/mol. The number of alkyl halides is 2. The number of carbonyl (C=O) groups excluding carboxylic acids is 1. The summed E-state index contributed by atoms with van der Waals surface area (Å²) in [4.78, 5) is 24.9. The number of carboxylic acids is 1. The third kappa shape index (κ3) is 3.18. The van der Waals surface area contributed by atoms with Gasteiger partial charge in [0.2, 0.25) is 0 Å². The number of carboxylic acid groups (broad SMARTS) is 1. The average molecular weight is 313 g/mol. The number of hydrogen-bond donors (Lipinski definition) is 1. The number of carbonyl (C=O) groups is 2. The SMILES string of the molecule is Cc1cc(C(=O)N2CCC[C@@H]2C(=O)O)cc(C)c1OC(F)F. The van der Waals surface area contributed by atoms with E-state index < -0.39 is 24.5 Å². The van der Waals surface area contributed by atoms with Gasteiger partial charge in [-0.1, -0.05) is 0 Å². The van der Waals surface area contributed by atoms with Crippen molar-refractivity contribution in [2.24, 2.45) is 0 Å². The van der Waals surface area contributed by atoms with E-state index in [0.717, 1.165) is 0 Å². The number of hydrogen-bond acceptors (Lipinski definition) is 3. The van der Waals surface area contributed by atoms with Gasteiger partial charge in [0.1, 0.15) is 11.8 Å². The molecule has 7 heteroatoms. The fourth-order valence-corrected chi connectivity index (χ4v) is 2.78. The third-order valence-electron chi connectivity index (χ3n) is 3.71. The first kappa shape index (κ1) is 16.2. The minimum absolute atomic E-state index is 0.0442. The van der Waals surface area contributed by atoms with Gasteiger partial charge in [0, 0.05) is 12.1 Å². The van der Waals surface area contributed by atoms with Crippen molar-refractivity contribution in [3.05, 3.63) is 28.8 Å². The molecule has 1 aliphatic heterocycles. The van der Waals surface area contributed by atoms with Crippen LogP contribution >= 0.6 is 0 Å². The summed E-state index contributed by atoms with van der Waals surface area (Å²) in [6, 6.07) is 2.07. The molecular weight excluding hydrogens is 296 g/mol. The zero-order valence-electron chi connectivity index (χ0n) is 12.3. The van der Waals surface area contributed by atoms with Crippen molar-refractivity contribution >= 4 is 11.9 Å². The third-order valence-corrected chi connectivity index (χ3v) is 3.71. The van der Waals surface area contributed by atoms with Crippen molar-refractivity contribution in [3.63, 3.8) is 0 Å². The second-order valence-electron chi connectivity index (χ2n) is 5.31. The number of halogens is 2. The van der Waals surface area contributed by atoms with E-state index in [2.05, 4.69) is 4.74 Å². The maximum Gasteiger partial charge on any atom is 0.387 e. The summed E-state index contributed by atoms with van der Waals surface area (Å²) < 4.78 is 29.2. The molecule has 1 aromatic rings. The lowest BCUT2D eigenvalue weighted by atomic mass is 10.0. The second kappa shape index (κ2) is 6.29. The zero-order valence-corrected chi connectivity index (χ0v) is 12.3. The minimum Gasteiger partial charge on any atom is -0.480 e. The first-order chi connectivity index (χ1) is 10.3. The number of ether oxygens (including phenoxy) is 1. The molecule has 1 aromatic carbocycles. The molecule has 1 heterocycles. The van der Waals surface area contributed by atoms with Crippen LogP contribution in [0, 0.1) is 13.8 Å². The number of likely N-dealkylation sites (tertiary alicyclic amines) is 1. The Morgan fingerprint density at radius 3 is 2.41 bits per heavy atom. The molecule has 0 aromatic heterocycles. The maximum atomic E-state index is 12.5. The van der Waals surface area contributed by atoms with E-state index in [0.29, 0.717) is 30.5 Å². The molecule has 0 bridgehead atoms.